The van der Waals surface area contributed by atoms with Gasteiger partial charge < -0.3 is 14.5 Å². The van der Waals surface area contributed by atoms with Crippen LogP contribution in [0.25, 0.3) is 6.08 Å². The molecule has 2 rings (SSSR count). The third-order valence-corrected chi connectivity index (χ3v) is 3.23. The predicted octanol–water partition coefficient (Wildman–Crippen LogP) is 2.62. The smallest absolute Gasteiger partial charge is 0.331 e. The van der Waals surface area contributed by atoms with Gasteiger partial charge in [-0.2, -0.15) is 0 Å². The Kier molecular flexibility index (Phi) is 6.05. The molecule has 1 aromatic heterocycles. The van der Waals surface area contributed by atoms with E-state index in [1.54, 1.807) is 25.1 Å². The molecule has 8 nitrogen and oxygen atoms in total. The number of amides is 1. The van der Waals surface area contributed by atoms with E-state index in [0.717, 1.165) is 6.08 Å². The highest BCUT2D eigenvalue weighted by atomic mass is 16.6. The lowest BCUT2D eigenvalue weighted by Gasteiger charge is -2.11. The molecule has 1 aromatic carbocycles. The molecule has 1 N–H and O–H groups in total. The van der Waals surface area contributed by atoms with Gasteiger partial charge in [0.25, 0.3) is 11.6 Å². The van der Waals surface area contributed by atoms with Crippen molar-refractivity contribution in [3.8, 4) is 0 Å². The molecular formula is C17H16N2O6. The topological polar surface area (TPSA) is 112 Å². The van der Waals surface area contributed by atoms with Crippen LogP contribution in [0, 0.1) is 10.1 Å². The van der Waals surface area contributed by atoms with Crippen LogP contribution >= 0.6 is 0 Å². The molecule has 1 heterocycles. The molecule has 8 heteroatoms. The number of carbonyl (C=O) groups excluding carboxylic acids is 2. The van der Waals surface area contributed by atoms with E-state index in [9.17, 15) is 19.7 Å². The largest absolute Gasteiger partial charge is 0.467 e. The molecule has 0 unspecified atom stereocenters. The number of nitrogens with one attached hydrogen (secondary N) is 1. The highest BCUT2D eigenvalue weighted by Crippen LogP contribution is 2.18. The number of hydrogen-bond donors (Lipinski definition) is 1. The Hall–Kier alpha value is -3.42. The molecule has 0 saturated heterocycles. The Balaban J connectivity index is 1.84. The van der Waals surface area contributed by atoms with Crippen LogP contribution in [0.2, 0.25) is 0 Å². The zero-order valence-corrected chi connectivity index (χ0v) is 13.4. The average Bonchev–Trinajstić information content (AvgIpc) is 3.13. The van der Waals surface area contributed by atoms with Gasteiger partial charge in [0.05, 0.1) is 22.8 Å². The van der Waals surface area contributed by atoms with Crippen LogP contribution in [0.4, 0.5) is 5.69 Å². The van der Waals surface area contributed by atoms with Gasteiger partial charge in [-0.25, -0.2) is 4.79 Å². The van der Waals surface area contributed by atoms with Gasteiger partial charge in [0.1, 0.15) is 5.76 Å². The van der Waals surface area contributed by atoms with Crippen molar-refractivity contribution in [2.24, 2.45) is 0 Å². The minimum absolute atomic E-state index is 0.128. The molecule has 1 atom stereocenters. The summed E-state index contributed by atoms with van der Waals surface area (Å²) in [4.78, 5) is 33.7. The van der Waals surface area contributed by atoms with E-state index in [1.165, 1.54) is 30.5 Å². The van der Waals surface area contributed by atoms with Gasteiger partial charge in [-0.05, 0) is 31.2 Å². The fourth-order valence-corrected chi connectivity index (χ4v) is 2.03. The Morgan fingerprint density at radius 3 is 2.76 bits per heavy atom. The zero-order chi connectivity index (χ0) is 18.2. The molecule has 0 radical (unpaired) electrons. The Morgan fingerprint density at radius 2 is 2.08 bits per heavy atom. The molecule has 0 bridgehead atoms. The lowest BCUT2D eigenvalue weighted by atomic mass is 10.1. The molecule has 0 aliphatic heterocycles. The summed E-state index contributed by atoms with van der Waals surface area (Å²) in [5.74, 6) is -0.689. The second kappa shape index (κ2) is 8.44. The Labute approximate surface area is 143 Å². The number of para-hydroxylation sites is 1. The summed E-state index contributed by atoms with van der Waals surface area (Å²) in [6, 6.07) is 9.02. The van der Waals surface area contributed by atoms with Gasteiger partial charge in [0, 0.05) is 12.1 Å². The van der Waals surface area contributed by atoms with Gasteiger partial charge >= 0.3 is 5.97 Å². The van der Waals surface area contributed by atoms with Crippen LogP contribution in [-0.2, 0) is 14.3 Å². The lowest BCUT2D eigenvalue weighted by molar-refractivity contribution is -0.385. The molecule has 0 spiro atoms. The van der Waals surface area contributed by atoms with Crippen LogP contribution in [0.15, 0.2) is 53.2 Å². The minimum atomic E-state index is -0.779. The number of benzene rings is 1. The summed E-state index contributed by atoms with van der Waals surface area (Å²) >= 11 is 0. The molecule has 130 valence electrons. The first-order valence-corrected chi connectivity index (χ1v) is 7.38. The number of nitro groups is 1. The highest BCUT2D eigenvalue weighted by molar-refractivity contribution is 5.90. The number of ether oxygens (including phenoxy) is 1. The van der Waals surface area contributed by atoms with Crippen LogP contribution in [0.3, 0.4) is 0 Å². The van der Waals surface area contributed by atoms with Crippen molar-refractivity contribution in [2.45, 2.75) is 13.0 Å². The standard InChI is InChI=1S/C17H16N2O6/c1-12(15-7-4-10-24-15)18-16(20)11-25-17(21)9-8-13-5-2-3-6-14(13)19(22)23/h2-10,12H,11H2,1H3,(H,18,20)/b9-8+/t12-/m1/s1. The third kappa shape index (κ3) is 5.31. The summed E-state index contributed by atoms with van der Waals surface area (Å²) in [5.41, 5.74) is 0.136. The van der Waals surface area contributed by atoms with E-state index in [2.05, 4.69) is 5.32 Å². The summed E-state index contributed by atoms with van der Waals surface area (Å²) in [5, 5.41) is 13.5. The van der Waals surface area contributed by atoms with E-state index in [-0.39, 0.29) is 17.3 Å². The normalized spacial score (nSPS) is 11.9. The molecule has 0 aliphatic rings. The summed E-state index contributed by atoms with van der Waals surface area (Å²) in [7, 11) is 0. The van der Waals surface area contributed by atoms with Gasteiger partial charge in [0.15, 0.2) is 6.61 Å². The van der Waals surface area contributed by atoms with Crippen molar-refractivity contribution < 1.29 is 23.7 Å². The van der Waals surface area contributed by atoms with Crippen LogP contribution in [0.1, 0.15) is 24.3 Å². The lowest BCUT2D eigenvalue weighted by Crippen LogP contribution is -2.30. The monoisotopic (exact) mass is 344 g/mol. The molecule has 1 amide bonds. The third-order valence-electron chi connectivity index (χ3n) is 3.23. The Morgan fingerprint density at radius 1 is 1.32 bits per heavy atom. The summed E-state index contributed by atoms with van der Waals surface area (Å²) in [6.07, 6.45) is 3.79. The van der Waals surface area contributed by atoms with Crippen molar-refractivity contribution in [3.63, 3.8) is 0 Å². The van der Waals surface area contributed by atoms with Crippen molar-refractivity contribution in [1.82, 2.24) is 5.32 Å². The fraction of sp³-hybridized carbons (Fsp3) is 0.176. The van der Waals surface area contributed by atoms with Crippen molar-refractivity contribution >= 4 is 23.6 Å². The second-order valence-corrected chi connectivity index (χ2v) is 5.06. The summed E-state index contributed by atoms with van der Waals surface area (Å²) in [6.45, 7) is 1.26. The molecule has 25 heavy (non-hydrogen) atoms. The van der Waals surface area contributed by atoms with E-state index in [1.807, 2.05) is 0 Å². The maximum Gasteiger partial charge on any atom is 0.331 e. The highest BCUT2D eigenvalue weighted by Gasteiger charge is 2.13. The minimum Gasteiger partial charge on any atom is -0.467 e. The van der Waals surface area contributed by atoms with E-state index >= 15 is 0 Å². The number of rotatable bonds is 7. The Bertz CT molecular complexity index is 782. The molecule has 0 fully saturated rings. The first kappa shape index (κ1) is 17.9. The predicted molar refractivity (Wildman–Crippen MR) is 88.4 cm³/mol. The van der Waals surface area contributed by atoms with Crippen LogP contribution < -0.4 is 5.32 Å². The first-order valence-electron chi connectivity index (χ1n) is 7.38. The van der Waals surface area contributed by atoms with E-state index in [0.29, 0.717) is 5.76 Å². The quantitative estimate of drug-likeness (QED) is 0.358. The van der Waals surface area contributed by atoms with Crippen LogP contribution in [0.5, 0.6) is 0 Å². The molecular weight excluding hydrogens is 328 g/mol. The average molecular weight is 344 g/mol. The molecule has 0 aliphatic carbocycles. The number of nitrogens with zero attached hydrogens (tertiary/aromatic N) is 1. The number of carbonyl (C=O) groups is 2. The summed E-state index contributed by atoms with van der Waals surface area (Å²) < 4.78 is 9.96. The van der Waals surface area contributed by atoms with Gasteiger partial charge in [0.2, 0.25) is 0 Å². The zero-order valence-electron chi connectivity index (χ0n) is 13.4. The number of nitro benzene ring substituents is 1. The maximum atomic E-state index is 11.7. The first-order chi connectivity index (χ1) is 12.0. The van der Waals surface area contributed by atoms with Crippen LogP contribution in [-0.4, -0.2) is 23.4 Å². The molecule has 0 saturated carbocycles. The van der Waals surface area contributed by atoms with Gasteiger partial charge in [-0.3, -0.25) is 14.9 Å². The van der Waals surface area contributed by atoms with E-state index < -0.39 is 23.4 Å². The SMILES string of the molecule is C[C@@H](NC(=O)COC(=O)/C=C/c1ccccc1[N+](=O)[O-])c1ccco1. The van der Waals surface area contributed by atoms with Gasteiger partial charge in [-0.15, -0.1) is 0 Å². The van der Waals surface area contributed by atoms with Crippen molar-refractivity contribution in [1.29, 1.82) is 0 Å². The molecule has 2 aromatic rings. The van der Waals surface area contributed by atoms with Crippen molar-refractivity contribution in [2.75, 3.05) is 6.61 Å². The number of hydrogen-bond acceptors (Lipinski definition) is 6. The number of furan rings is 1. The van der Waals surface area contributed by atoms with Gasteiger partial charge in [-0.1, -0.05) is 12.1 Å². The van der Waals surface area contributed by atoms with Crippen molar-refractivity contribution in [3.05, 3.63) is 70.2 Å². The van der Waals surface area contributed by atoms with E-state index in [4.69, 9.17) is 9.15 Å². The second-order valence-electron chi connectivity index (χ2n) is 5.06. The maximum absolute atomic E-state index is 11.7. The fourth-order valence-electron chi connectivity index (χ4n) is 2.03. The number of esters is 1.